The molecule has 1 aromatic carbocycles. The highest BCUT2D eigenvalue weighted by atomic mass is 16.2. The van der Waals surface area contributed by atoms with E-state index in [0.29, 0.717) is 12.0 Å². The minimum absolute atomic E-state index is 0.0283. The molecule has 78 valence electrons. The predicted octanol–water partition coefficient (Wildman–Crippen LogP) is 1.06. The molecule has 0 bridgehead atoms. The maximum atomic E-state index is 11.3. The lowest BCUT2D eigenvalue weighted by molar-refractivity contribution is -0.116. The molecule has 0 spiro atoms. The number of nitrogens with one attached hydrogen (secondary N) is 1. The van der Waals surface area contributed by atoms with E-state index < -0.39 is 5.91 Å². The summed E-state index contributed by atoms with van der Waals surface area (Å²) in [6, 6.07) is 5.12. The number of aryl methyl sites for hydroxylation is 1. The molecule has 2 rings (SSSR count). The van der Waals surface area contributed by atoms with Crippen LogP contribution in [0, 0.1) is 0 Å². The maximum Gasteiger partial charge on any atom is 0.248 e. The highest BCUT2D eigenvalue weighted by Gasteiger charge is 2.13. The highest BCUT2D eigenvalue weighted by Crippen LogP contribution is 2.22. The van der Waals surface area contributed by atoms with Crippen molar-refractivity contribution in [3.8, 4) is 0 Å². The average Bonchev–Trinajstić information content (AvgIpc) is 2.37. The van der Waals surface area contributed by atoms with E-state index in [2.05, 4.69) is 5.32 Å². The zero-order chi connectivity index (χ0) is 10.8. The molecule has 2 amide bonds. The molecular formula is C11H12N2O2. The third-order valence-electron chi connectivity index (χ3n) is 2.51. The van der Waals surface area contributed by atoms with Crippen molar-refractivity contribution in [1.29, 1.82) is 0 Å². The smallest absolute Gasteiger partial charge is 0.248 e. The van der Waals surface area contributed by atoms with Crippen molar-refractivity contribution in [3.63, 3.8) is 0 Å². The van der Waals surface area contributed by atoms with Gasteiger partial charge < -0.3 is 11.1 Å². The second-order valence-electron chi connectivity index (χ2n) is 3.64. The number of benzene rings is 1. The summed E-state index contributed by atoms with van der Waals surface area (Å²) in [5, 5.41) is 2.80. The summed E-state index contributed by atoms with van der Waals surface area (Å²) in [4.78, 5) is 22.2. The minimum Gasteiger partial charge on any atom is -0.366 e. The number of hydrogen-bond donors (Lipinski definition) is 2. The molecule has 1 aliphatic rings. The van der Waals surface area contributed by atoms with Gasteiger partial charge in [0, 0.05) is 17.7 Å². The van der Waals surface area contributed by atoms with Gasteiger partial charge in [-0.2, -0.15) is 0 Å². The van der Waals surface area contributed by atoms with E-state index >= 15 is 0 Å². The number of fused-ring (bicyclic) bond motifs is 1. The fourth-order valence-electron chi connectivity index (χ4n) is 1.73. The molecule has 15 heavy (non-hydrogen) atoms. The van der Waals surface area contributed by atoms with Gasteiger partial charge in [0.15, 0.2) is 0 Å². The van der Waals surface area contributed by atoms with Crippen molar-refractivity contribution in [3.05, 3.63) is 29.3 Å². The standard InChI is InChI=1S/C11H12N2O2/c12-11(15)8-4-5-9-7(6-8)2-1-3-10(14)13-9/h4-6H,1-3H2,(H2,12,15)(H,13,14). The SMILES string of the molecule is NC(=O)c1ccc2c(c1)CCCC(=O)N2. The second-order valence-corrected chi connectivity index (χ2v) is 3.64. The highest BCUT2D eigenvalue weighted by molar-refractivity contribution is 5.96. The Morgan fingerprint density at radius 1 is 1.33 bits per heavy atom. The average molecular weight is 204 g/mol. The summed E-state index contributed by atoms with van der Waals surface area (Å²) in [5.74, 6) is -0.408. The number of carbonyl (C=O) groups excluding carboxylic acids is 2. The first-order chi connectivity index (χ1) is 7.16. The largest absolute Gasteiger partial charge is 0.366 e. The van der Waals surface area contributed by atoms with Crippen LogP contribution in [-0.2, 0) is 11.2 Å². The van der Waals surface area contributed by atoms with E-state index in [4.69, 9.17) is 5.73 Å². The van der Waals surface area contributed by atoms with Gasteiger partial charge in [-0.1, -0.05) is 0 Å². The van der Waals surface area contributed by atoms with Crippen LogP contribution in [0.4, 0.5) is 5.69 Å². The monoisotopic (exact) mass is 204 g/mol. The van der Waals surface area contributed by atoms with Crippen LogP contribution in [0.1, 0.15) is 28.8 Å². The lowest BCUT2D eigenvalue weighted by Crippen LogP contribution is -2.12. The molecular weight excluding hydrogens is 192 g/mol. The van der Waals surface area contributed by atoms with Crippen LogP contribution in [-0.4, -0.2) is 11.8 Å². The van der Waals surface area contributed by atoms with Gasteiger partial charge in [-0.25, -0.2) is 0 Å². The first-order valence-electron chi connectivity index (χ1n) is 4.89. The van der Waals surface area contributed by atoms with Gasteiger partial charge in [-0.05, 0) is 36.6 Å². The Bertz CT molecular complexity index is 427. The molecule has 3 N–H and O–H groups in total. The Hall–Kier alpha value is -1.84. The predicted molar refractivity (Wildman–Crippen MR) is 56.5 cm³/mol. The minimum atomic E-state index is -0.437. The lowest BCUT2D eigenvalue weighted by atomic mass is 10.0. The lowest BCUT2D eigenvalue weighted by Gasteiger charge is -2.07. The number of primary amides is 1. The van der Waals surface area contributed by atoms with Crippen LogP contribution < -0.4 is 11.1 Å². The van der Waals surface area contributed by atoms with Crippen LogP contribution in [0.3, 0.4) is 0 Å². The molecule has 0 unspecified atom stereocenters. The molecule has 1 heterocycles. The van der Waals surface area contributed by atoms with Crippen LogP contribution in [0.25, 0.3) is 0 Å². The summed E-state index contributed by atoms with van der Waals surface area (Å²) < 4.78 is 0. The zero-order valence-corrected chi connectivity index (χ0v) is 8.25. The van der Waals surface area contributed by atoms with Crippen LogP contribution >= 0.6 is 0 Å². The van der Waals surface area contributed by atoms with Gasteiger partial charge in [0.2, 0.25) is 11.8 Å². The van der Waals surface area contributed by atoms with Gasteiger partial charge in [0.25, 0.3) is 0 Å². The summed E-state index contributed by atoms with van der Waals surface area (Å²) in [5.41, 5.74) is 7.46. The van der Waals surface area contributed by atoms with Gasteiger partial charge in [-0.15, -0.1) is 0 Å². The number of hydrogen-bond acceptors (Lipinski definition) is 2. The molecule has 4 nitrogen and oxygen atoms in total. The van der Waals surface area contributed by atoms with Crippen molar-refractivity contribution in [2.75, 3.05) is 5.32 Å². The Morgan fingerprint density at radius 2 is 2.13 bits per heavy atom. The van der Waals surface area contributed by atoms with E-state index in [1.54, 1.807) is 18.2 Å². The van der Waals surface area contributed by atoms with E-state index in [1.807, 2.05) is 0 Å². The maximum absolute atomic E-state index is 11.3. The van der Waals surface area contributed by atoms with Gasteiger partial charge >= 0.3 is 0 Å². The Kier molecular flexibility index (Phi) is 2.41. The molecule has 0 saturated heterocycles. The Balaban J connectivity index is 2.40. The second kappa shape index (κ2) is 3.73. The molecule has 0 fully saturated rings. The first kappa shape index (κ1) is 9.71. The number of nitrogens with two attached hydrogens (primary N) is 1. The molecule has 0 aliphatic carbocycles. The molecule has 1 aliphatic heterocycles. The molecule has 0 saturated carbocycles. The summed E-state index contributed by atoms with van der Waals surface area (Å²) in [6.45, 7) is 0. The van der Waals surface area contributed by atoms with E-state index in [-0.39, 0.29) is 5.91 Å². The molecule has 4 heteroatoms. The van der Waals surface area contributed by atoms with Crippen molar-refractivity contribution in [1.82, 2.24) is 0 Å². The van der Waals surface area contributed by atoms with E-state index in [9.17, 15) is 9.59 Å². The van der Waals surface area contributed by atoms with Crippen molar-refractivity contribution in [2.45, 2.75) is 19.3 Å². The third kappa shape index (κ3) is 1.98. The molecule has 1 aromatic rings. The van der Waals surface area contributed by atoms with Gasteiger partial charge in [0.05, 0.1) is 0 Å². The number of amides is 2. The van der Waals surface area contributed by atoms with Crippen molar-refractivity contribution >= 4 is 17.5 Å². The molecule has 0 aromatic heterocycles. The fourth-order valence-corrected chi connectivity index (χ4v) is 1.73. The number of carbonyl (C=O) groups is 2. The summed E-state index contributed by atoms with van der Waals surface area (Å²) in [7, 11) is 0. The van der Waals surface area contributed by atoms with Crippen LogP contribution in [0.2, 0.25) is 0 Å². The summed E-state index contributed by atoms with van der Waals surface area (Å²) >= 11 is 0. The normalized spacial score (nSPS) is 15.1. The fraction of sp³-hybridized carbons (Fsp3) is 0.273. The van der Waals surface area contributed by atoms with Crippen molar-refractivity contribution < 1.29 is 9.59 Å². The molecule has 0 radical (unpaired) electrons. The number of anilines is 1. The van der Waals surface area contributed by atoms with Crippen molar-refractivity contribution in [2.24, 2.45) is 5.73 Å². The Morgan fingerprint density at radius 3 is 2.87 bits per heavy atom. The quantitative estimate of drug-likeness (QED) is 0.718. The Labute approximate surface area is 87.5 Å². The first-order valence-corrected chi connectivity index (χ1v) is 4.89. The third-order valence-corrected chi connectivity index (χ3v) is 2.51. The zero-order valence-electron chi connectivity index (χ0n) is 8.25. The van der Waals surface area contributed by atoms with E-state index in [0.717, 1.165) is 24.1 Å². The topological polar surface area (TPSA) is 72.2 Å². The summed E-state index contributed by atoms with van der Waals surface area (Å²) in [6.07, 6.45) is 2.14. The van der Waals surface area contributed by atoms with E-state index in [1.165, 1.54) is 0 Å². The van der Waals surface area contributed by atoms with Gasteiger partial charge in [-0.3, -0.25) is 9.59 Å². The van der Waals surface area contributed by atoms with Crippen LogP contribution in [0.5, 0.6) is 0 Å². The van der Waals surface area contributed by atoms with Crippen LogP contribution in [0.15, 0.2) is 18.2 Å². The number of rotatable bonds is 1. The molecule has 0 atom stereocenters. The van der Waals surface area contributed by atoms with Gasteiger partial charge in [0.1, 0.15) is 0 Å².